The summed E-state index contributed by atoms with van der Waals surface area (Å²) in [4.78, 5) is 0. The molecular formula is C11H15NO2. The third kappa shape index (κ3) is 1.09. The van der Waals surface area contributed by atoms with Crippen molar-refractivity contribution in [1.82, 2.24) is 0 Å². The first-order chi connectivity index (χ1) is 6.37. The Kier molecular flexibility index (Phi) is 1.61. The van der Waals surface area contributed by atoms with Crippen molar-refractivity contribution in [1.29, 1.82) is 0 Å². The molecule has 0 spiro atoms. The lowest BCUT2D eigenvalue weighted by Crippen LogP contribution is -2.25. The summed E-state index contributed by atoms with van der Waals surface area (Å²) in [5.41, 5.74) is 6.79. The van der Waals surface area contributed by atoms with Crippen molar-refractivity contribution >= 4 is 0 Å². The molecule has 2 rings (SSSR count). The van der Waals surface area contributed by atoms with Gasteiger partial charge in [0.2, 0.25) is 0 Å². The van der Waals surface area contributed by atoms with Crippen LogP contribution in [0.4, 0.5) is 0 Å². The van der Waals surface area contributed by atoms with Gasteiger partial charge >= 0.3 is 0 Å². The summed E-state index contributed by atoms with van der Waals surface area (Å²) in [7, 11) is 0. The summed E-state index contributed by atoms with van der Waals surface area (Å²) in [6, 6.07) is 4.79. The zero-order valence-corrected chi connectivity index (χ0v) is 8.41. The lowest BCUT2D eigenvalue weighted by Gasteiger charge is -2.15. The van der Waals surface area contributed by atoms with Gasteiger partial charge in [0.05, 0.1) is 0 Å². The van der Waals surface area contributed by atoms with Gasteiger partial charge in [-0.1, -0.05) is 19.9 Å². The Morgan fingerprint density at radius 3 is 2.21 bits per heavy atom. The SMILES string of the molecule is CC1(C)CC1(N)c1ccc(O)c(O)c1. The molecule has 4 N–H and O–H groups in total. The van der Waals surface area contributed by atoms with Gasteiger partial charge in [-0.25, -0.2) is 0 Å². The van der Waals surface area contributed by atoms with E-state index >= 15 is 0 Å². The lowest BCUT2D eigenvalue weighted by molar-refractivity contribution is 0.401. The van der Waals surface area contributed by atoms with Crippen LogP contribution in [0.5, 0.6) is 11.5 Å². The molecule has 1 fully saturated rings. The van der Waals surface area contributed by atoms with Crippen LogP contribution < -0.4 is 5.73 Å². The maximum absolute atomic E-state index is 9.36. The Morgan fingerprint density at radius 1 is 1.21 bits per heavy atom. The third-order valence-corrected chi connectivity index (χ3v) is 3.29. The molecule has 0 aromatic heterocycles. The van der Waals surface area contributed by atoms with Gasteiger partial charge in [-0.15, -0.1) is 0 Å². The van der Waals surface area contributed by atoms with Crippen molar-refractivity contribution in [2.75, 3.05) is 0 Å². The van der Waals surface area contributed by atoms with E-state index in [4.69, 9.17) is 10.8 Å². The molecule has 1 aliphatic rings. The third-order valence-electron chi connectivity index (χ3n) is 3.29. The molecule has 0 radical (unpaired) electrons. The number of rotatable bonds is 1. The Morgan fingerprint density at radius 2 is 1.79 bits per heavy atom. The van der Waals surface area contributed by atoms with E-state index in [1.807, 2.05) is 0 Å². The summed E-state index contributed by atoms with van der Waals surface area (Å²) in [6.45, 7) is 4.19. The van der Waals surface area contributed by atoms with E-state index in [2.05, 4.69) is 13.8 Å². The van der Waals surface area contributed by atoms with E-state index in [9.17, 15) is 5.11 Å². The second kappa shape index (κ2) is 2.42. The molecule has 1 unspecified atom stereocenters. The maximum atomic E-state index is 9.36. The van der Waals surface area contributed by atoms with Crippen molar-refractivity contribution in [3.05, 3.63) is 23.8 Å². The van der Waals surface area contributed by atoms with E-state index in [0.717, 1.165) is 12.0 Å². The van der Waals surface area contributed by atoms with E-state index < -0.39 is 0 Å². The van der Waals surface area contributed by atoms with Gasteiger partial charge in [-0.2, -0.15) is 0 Å². The fraction of sp³-hybridized carbons (Fsp3) is 0.455. The predicted octanol–water partition coefficient (Wildman–Crippen LogP) is 1.68. The molecule has 1 aromatic rings. The van der Waals surface area contributed by atoms with Crippen LogP contribution in [0.1, 0.15) is 25.8 Å². The topological polar surface area (TPSA) is 66.5 Å². The van der Waals surface area contributed by atoms with Crippen LogP contribution in [0.3, 0.4) is 0 Å². The molecule has 1 aliphatic carbocycles. The van der Waals surface area contributed by atoms with Crippen LogP contribution in [-0.4, -0.2) is 10.2 Å². The molecule has 1 atom stereocenters. The second-order valence-electron chi connectivity index (χ2n) is 4.74. The quantitative estimate of drug-likeness (QED) is 0.594. The largest absolute Gasteiger partial charge is 0.504 e. The average molecular weight is 193 g/mol. The first-order valence-corrected chi connectivity index (χ1v) is 4.68. The molecule has 14 heavy (non-hydrogen) atoms. The van der Waals surface area contributed by atoms with Crippen molar-refractivity contribution in [2.24, 2.45) is 11.1 Å². The predicted molar refractivity (Wildman–Crippen MR) is 54.0 cm³/mol. The maximum Gasteiger partial charge on any atom is 0.157 e. The van der Waals surface area contributed by atoms with Gasteiger partial charge in [0.1, 0.15) is 0 Å². The molecule has 3 nitrogen and oxygen atoms in total. The average Bonchev–Trinajstić information content (AvgIpc) is 2.58. The van der Waals surface area contributed by atoms with E-state index in [1.165, 1.54) is 6.07 Å². The number of phenols is 2. The molecule has 0 bridgehead atoms. The molecule has 0 aliphatic heterocycles. The van der Waals surface area contributed by atoms with Gasteiger partial charge in [0, 0.05) is 5.54 Å². The van der Waals surface area contributed by atoms with Gasteiger partial charge in [0.15, 0.2) is 11.5 Å². The Labute approximate surface area is 83.2 Å². The first-order valence-electron chi connectivity index (χ1n) is 4.68. The Bertz CT molecular complexity index is 387. The number of benzene rings is 1. The summed E-state index contributed by atoms with van der Waals surface area (Å²) in [5.74, 6) is -0.203. The van der Waals surface area contributed by atoms with Crippen LogP contribution in [0, 0.1) is 5.41 Å². The highest BCUT2D eigenvalue weighted by molar-refractivity contribution is 5.46. The Balaban J connectivity index is 2.40. The lowest BCUT2D eigenvalue weighted by atomic mass is 9.97. The molecule has 3 heteroatoms. The van der Waals surface area contributed by atoms with Crippen LogP contribution in [0.25, 0.3) is 0 Å². The van der Waals surface area contributed by atoms with Crippen LogP contribution in [-0.2, 0) is 5.54 Å². The fourth-order valence-electron chi connectivity index (χ4n) is 1.95. The molecular weight excluding hydrogens is 178 g/mol. The standard InChI is InChI=1S/C11H15NO2/c1-10(2)6-11(10,12)7-3-4-8(13)9(14)5-7/h3-5,13-14H,6,12H2,1-2H3. The highest BCUT2D eigenvalue weighted by Gasteiger charge is 2.59. The van der Waals surface area contributed by atoms with Crippen molar-refractivity contribution in [3.63, 3.8) is 0 Å². The number of hydrogen-bond donors (Lipinski definition) is 3. The molecule has 1 aromatic carbocycles. The molecule has 0 heterocycles. The number of hydrogen-bond acceptors (Lipinski definition) is 3. The van der Waals surface area contributed by atoms with Crippen LogP contribution in [0.2, 0.25) is 0 Å². The number of nitrogens with two attached hydrogens (primary N) is 1. The molecule has 76 valence electrons. The van der Waals surface area contributed by atoms with E-state index in [0.29, 0.717) is 0 Å². The van der Waals surface area contributed by atoms with Crippen LogP contribution >= 0.6 is 0 Å². The summed E-state index contributed by atoms with van der Waals surface area (Å²) < 4.78 is 0. The summed E-state index contributed by atoms with van der Waals surface area (Å²) >= 11 is 0. The zero-order valence-electron chi connectivity index (χ0n) is 8.41. The summed E-state index contributed by atoms with van der Waals surface area (Å²) in [6.07, 6.45) is 0.907. The highest BCUT2D eigenvalue weighted by Crippen LogP contribution is 2.60. The monoisotopic (exact) mass is 193 g/mol. The highest BCUT2D eigenvalue weighted by atomic mass is 16.3. The van der Waals surface area contributed by atoms with Crippen molar-refractivity contribution < 1.29 is 10.2 Å². The van der Waals surface area contributed by atoms with Crippen molar-refractivity contribution in [3.8, 4) is 11.5 Å². The molecule has 1 saturated carbocycles. The zero-order chi connectivity index (χ0) is 10.6. The summed E-state index contributed by atoms with van der Waals surface area (Å²) in [5, 5.41) is 18.5. The fourth-order valence-corrected chi connectivity index (χ4v) is 1.95. The van der Waals surface area contributed by atoms with Crippen molar-refractivity contribution in [2.45, 2.75) is 25.8 Å². The minimum absolute atomic E-state index is 0.0798. The van der Waals surface area contributed by atoms with Gasteiger partial charge < -0.3 is 15.9 Å². The van der Waals surface area contributed by atoms with E-state index in [-0.39, 0.29) is 22.5 Å². The first kappa shape index (κ1) is 9.34. The van der Waals surface area contributed by atoms with Gasteiger partial charge in [-0.05, 0) is 29.5 Å². The number of aromatic hydroxyl groups is 2. The normalized spacial score (nSPS) is 28.8. The minimum atomic E-state index is -0.349. The van der Waals surface area contributed by atoms with Crippen LogP contribution in [0.15, 0.2) is 18.2 Å². The molecule has 0 saturated heterocycles. The number of phenolic OH excluding ortho intramolecular Hbond substituents is 2. The minimum Gasteiger partial charge on any atom is -0.504 e. The smallest absolute Gasteiger partial charge is 0.157 e. The van der Waals surface area contributed by atoms with Gasteiger partial charge in [-0.3, -0.25) is 0 Å². The Hall–Kier alpha value is -1.22. The second-order valence-corrected chi connectivity index (χ2v) is 4.74. The molecule has 0 amide bonds. The van der Waals surface area contributed by atoms with E-state index in [1.54, 1.807) is 12.1 Å². The van der Waals surface area contributed by atoms with Gasteiger partial charge in [0.25, 0.3) is 0 Å².